The van der Waals surface area contributed by atoms with Crippen molar-refractivity contribution in [1.82, 2.24) is 10.2 Å². The van der Waals surface area contributed by atoms with Gasteiger partial charge in [0.15, 0.2) is 0 Å². The van der Waals surface area contributed by atoms with Gasteiger partial charge in [0.25, 0.3) is 0 Å². The minimum Gasteiger partial charge on any atom is -0.508 e. The molecule has 5 heteroatoms. The predicted octanol–water partition coefficient (Wildman–Crippen LogP) is 3.37. The molecule has 3 aliphatic rings. The summed E-state index contributed by atoms with van der Waals surface area (Å²) in [5, 5.41) is 13.2. The molecule has 0 heterocycles. The Balaban J connectivity index is 1.42. The fourth-order valence-corrected chi connectivity index (χ4v) is 5.12. The summed E-state index contributed by atoms with van der Waals surface area (Å²) in [4.78, 5) is 14.7. The van der Waals surface area contributed by atoms with Crippen molar-refractivity contribution in [1.29, 1.82) is 0 Å². The van der Waals surface area contributed by atoms with Gasteiger partial charge in [-0.15, -0.1) is 0 Å². The summed E-state index contributed by atoms with van der Waals surface area (Å²) in [7, 11) is 1.92. The van der Waals surface area contributed by atoms with E-state index in [1.807, 2.05) is 31.0 Å². The Bertz CT molecular complexity index is 671. The molecular weight excluding hydrogens is 316 g/mol. The molecule has 3 atom stereocenters. The Hall–Kier alpha value is -1.75. The smallest absolute Gasteiger partial charge is 0.317 e. The van der Waals surface area contributed by atoms with Gasteiger partial charge in [0.05, 0.1) is 12.1 Å². The van der Waals surface area contributed by atoms with Crippen LogP contribution in [-0.2, 0) is 11.2 Å². The molecule has 136 valence electrons. The molecule has 3 aliphatic carbocycles. The molecular formula is C20H28N2O3. The first-order valence-corrected chi connectivity index (χ1v) is 9.52. The first kappa shape index (κ1) is 16.7. The van der Waals surface area contributed by atoms with E-state index in [9.17, 15) is 9.90 Å². The normalized spacial score (nSPS) is 28.8. The van der Waals surface area contributed by atoms with Crippen LogP contribution >= 0.6 is 0 Å². The molecule has 25 heavy (non-hydrogen) atoms. The fraction of sp³-hybridized carbons (Fsp3) is 0.650. The van der Waals surface area contributed by atoms with Crippen LogP contribution in [0.15, 0.2) is 18.2 Å². The van der Waals surface area contributed by atoms with E-state index in [0.717, 1.165) is 37.0 Å². The number of rotatable bonds is 4. The first-order chi connectivity index (χ1) is 12.1. The van der Waals surface area contributed by atoms with Crippen molar-refractivity contribution >= 4 is 6.03 Å². The second-order valence-electron chi connectivity index (χ2n) is 7.78. The maximum absolute atomic E-state index is 12.8. The number of ether oxygens (including phenoxy) is 1. The number of aromatic hydroxyl groups is 1. The molecule has 0 saturated heterocycles. The van der Waals surface area contributed by atoms with E-state index in [-0.39, 0.29) is 23.5 Å². The zero-order valence-corrected chi connectivity index (χ0v) is 15.1. The molecule has 2 fully saturated rings. The Morgan fingerprint density at radius 2 is 2.24 bits per heavy atom. The summed E-state index contributed by atoms with van der Waals surface area (Å²) in [5.41, 5.74) is 2.22. The van der Waals surface area contributed by atoms with Gasteiger partial charge in [0.2, 0.25) is 0 Å². The minimum absolute atomic E-state index is 0.00263. The van der Waals surface area contributed by atoms with Crippen LogP contribution in [0.1, 0.15) is 56.2 Å². The van der Waals surface area contributed by atoms with E-state index in [1.54, 1.807) is 6.07 Å². The van der Waals surface area contributed by atoms with Crippen molar-refractivity contribution in [2.75, 3.05) is 13.7 Å². The Kier molecular flexibility index (Phi) is 4.14. The Morgan fingerprint density at radius 3 is 2.92 bits per heavy atom. The number of nitrogens with zero attached hydrogens (tertiary/aromatic N) is 1. The van der Waals surface area contributed by atoms with Crippen LogP contribution in [0, 0.1) is 5.41 Å². The van der Waals surface area contributed by atoms with Crippen molar-refractivity contribution in [3.63, 3.8) is 0 Å². The van der Waals surface area contributed by atoms with Gasteiger partial charge in [0.1, 0.15) is 5.75 Å². The lowest BCUT2D eigenvalue weighted by Gasteiger charge is -2.63. The molecule has 0 radical (unpaired) electrons. The van der Waals surface area contributed by atoms with Crippen molar-refractivity contribution < 1.29 is 14.6 Å². The Labute approximate surface area is 149 Å². The molecule has 0 bridgehead atoms. The van der Waals surface area contributed by atoms with Crippen molar-refractivity contribution in [3.05, 3.63) is 29.3 Å². The number of carbonyl (C=O) groups excluding carboxylic acids is 1. The van der Waals surface area contributed by atoms with Gasteiger partial charge in [-0.1, -0.05) is 18.6 Å². The van der Waals surface area contributed by atoms with Crippen molar-refractivity contribution in [2.24, 2.45) is 5.41 Å². The number of hydrogen-bond acceptors (Lipinski definition) is 3. The summed E-state index contributed by atoms with van der Waals surface area (Å²) >= 11 is 0. The van der Waals surface area contributed by atoms with Gasteiger partial charge in [0, 0.05) is 25.1 Å². The molecule has 0 aromatic heterocycles. The lowest BCUT2D eigenvalue weighted by Crippen LogP contribution is -2.68. The number of amides is 2. The van der Waals surface area contributed by atoms with E-state index in [2.05, 4.69) is 5.32 Å². The highest BCUT2D eigenvalue weighted by atomic mass is 16.5. The monoisotopic (exact) mass is 344 g/mol. The third-order valence-corrected chi connectivity index (χ3v) is 6.73. The van der Waals surface area contributed by atoms with Crippen LogP contribution in [0.5, 0.6) is 5.75 Å². The van der Waals surface area contributed by atoms with Gasteiger partial charge >= 0.3 is 6.03 Å². The van der Waals surface area contributed by atoms with Gasteiger partial charge in [-0.05, 0) is 56.2 Å². The average Bonchev–Trinajstić information content (AvgIpc) is 2.93. The molecule has 1 aromatic carbocycles. The second kappa shape index (κ2) is 6.20. The number of urea groups is 1. The standard InChI is InChI=1S/C20H28N2O3/c1-3-25-18-12-17(20(18)10-5-11-20)22(2)19(24)21-15-9-8-14-13(15)6-4-7-16(14)23/h4,6-7,15,17-18,23H,3,5,8-12H2,1-2H3,(H,21,24)/t15-,17-,18+/m0/s1. The van der Waals surface area contributed by atoms with Crippen molar-refractivity contribution in [2.45, 2.75) is 63.6 Å². The third-order valence-electron chi connectivity index (χ3n) is 6.73. The zero-order valence-electron chi connectivity index (χ0n) is 15.1. The summed E-state index contributed by atoms with van der Waals surface area (Å²) in [6, 6.07) is 5.85. The number of benzene rings is 1. The average molecular weight is 344 g/mol. The van der Waals surface area contributed by atoms with Crippen LogP contribution in [-0.4, -0.2) is 41.8 Å². The molecule has 4 rings (SSSR count). The van der Waals surface area contributed by atoms with Gasteiger partial charge < -0.3 is 20.1 Å². The molecule has 5 nitrogen and oxygen atoms in total. The van der Waals surface area contributed by atoms with E-state index >= 15 is 0 Å². The SMILES string of the molecule is CCO[C@@H]1C[C@H](N(C)C(=O)N[C@H]2CCc3c(O)cccc32)C12CCC2. The predicted molar refractivity (Wildman–Crippen MR) is 95.6 cm³/mol. The van der Waals surface area contributed by atoms with E-state index in [4.69, 9.17) is 4.74 Å². The fourth-order valence-electron chi connectivity index (χ4n) is 5.12. The lowest BCUT2D eigenvalue weighted by molar-refractivity contribution is -0.192. The second-order valence-corrected chi connectivity index (χ2v) is 7.78. The molecule has 2 saturated carbocycles. The topological polar surface area (TPSA) is 61.8 Å². The molecule has 1 spiro atoms. The van der Waals surface area contributed by atoms with Crippen LogP contribution in [0.4, 0.5) is 4.79 Å². The molecule has 0 aliphatic heterocycles. The maximum Gasteiger partial charge on any atom is 0.317 e. The van der Waals surface area contributed by atoms with E-state index < -0.39 is 0 Å². The number of phenols is 1. The molecule has 2 amide bonds. The summed E-state index contributed by atoms with van der Waals surface area (Å²) in [6.45, 7) is 2.79. The number of fused-ring (bicyclic) bond motifs is 1. The van der Waals surface area contributed by atoms with Crippen molar-refractivity contribution in [3.8, 4) is 5.75 Å². The lowest BCUT2D eigenvalue weighted by atomic mass is 9.50. The summed E-state index contributed by atoms with van der Waals surface area (Å²) in [6.07, 6.45) is 6.50. The minimum atomic E-state index is -0.00702. The Morgan fingerprint density at radius 1 is 1.44 bits per heavy atom. The van der Waals surface area contributed by atoms with E-state index in [0.29, 0.717) is 11.9 Å². The molecule has 1 aromatic rings. The zero-order chi connectivity index (χ0) is 17.6. The quantitative estimate of drug-likeness (QED) is 0.880. The van der Waals surface area contributed by atoms with Crippen LogP contribution in [0.25, 0.3) is 0 Å². The highest BCUT2D eigenvalue weighted by Gasteiger charge is 2.61. The van der Waals surface area contributed by atoms with Gasteiger partial charge in [-0.25, -0.2) is 4.79 Å². The van der Waals surface area contributed by atoms with Crippen LogP contribution in [0.3, 0.4) is 0 Å². The maximum atomic E-state index is 12.8. The van der Waals surface area contributed by atoms with Crippen LogP contribution in [0.2, 0.25) is 0 Å². The van der Waals surface area contributed by atoms with E-state index in [1.165, 1.54) is 19.3 Å². The molecule has 0 unspecified atom stereocenters. The molecule has 2 N–H and O–H groups in total. The first-order valence-electron chi connectivity index (χ1n) is 9.52. The third kappa shape index (κ3) is 2.51. The highest BCUT2D eigenvalue weighted by Crippen LogP contribution is 2.58. The number of hydrogen-bond donors (Lipinski definition) is 2. The van der Waals surface area contributed by atoms with Gasteiger partial charge in [-0.2, -0.15) is 0 Å². The largest absolute Gasteiger partial charge is 0.508 e. The van der Waals surface area contributed by atoms with Gasteiger partial charge in [-0.3, -0.25) is 0 Å². The van der Waals surface area contributed by atoms with Crippen LogP contribution < -0.4 is 5.32 Å². The number of carbonyl (C=O) groups is 1. The number of phenolic OH excluding ortho intramolecular Hbond substituents is 1. The summed E-state index contributed by atoms with van der Waals surface area (Å²) < 4.78 is 5.90. The summed E-state index contributed by atoms with van der Waals surface area (Å²) in [5.74, 6) is 0.342. The number of nitrogens with one attached hydrogen (secondary N) is 1. The highest BCUT2D eigenvalue weighted by molar-refractivity contribution is 5.75.